The van der Waals surface area contributed by atoms with Gasteiger partial charge in [-0.25, -0.2) is 18.1 Å². The van der Waals surface area contributed by atoms with Gasteiger partial charge in [-0.15, -0.1) is 0 Å². The monoisotopic (exact) mass is 313 g/mol. The van der Waals surface area contributed by atoms with Gasteiger partial charge in [0.25, 0.3) is 10.0 Å². The summed E-state index contributed by atoms with van der Waals surface area (Å²) in [5, 5.41) is 3.17. The first-order valence-corrected chi connectivity index (χ1v) is 8.76. The third-order valence-corrected chi connectivity index (χ3v) is 5.16. The molecular weight excluding hydrogens is 290 g/mol. The average Bonchev–Trinajstić information content (AvgIpc) is 2.45. The van der Waals surface area contributed by atoms with Crippen molar-refractivity contribution in [3.8, 4) is 0 Å². The largest absolute Gasteiger partial charge is 0.383 e. The van der Waals surface area contributed by atoms with Crippen LogP contribution in [0.3, 0.4) is 0 Å². The molecule has 6 nitrogen and oxygen atoms in total. The Bertz CT molecular complexity index is 569. The zero-order chi connectivity index (χ0) is 15.3. The Hall–Kier alpha value is -1.18. The highest BCUT2D eigenvalue weighted by atomic mass is 32.2. The predicted octanol–water partition coefficient (Wildman–Crippen LogP) is 1.75. The van der Waals surface area contributed by atoms with Crippen molar-refractivity contribution in [1.29, 1.82) is 0 Å². The second kappa shape index (κ2) is 6.72. The molecule has 1 aliphatic rings. The van der Waals surface area contributed by atoms with Crippen LogP contribution in [0.5, 0.6) is 0 Å². The normalized spacial score (nSPS) is 18.4. The third kappa shape index (κ3) is 4.15. The van der Waals surface area contributed by atoms with Crippen LogP contribution in [-0.2, 0) is 14.8 Å². The van der Waals surface area contributed by atoms with E-state index in [1.54, 1.807) is 12.1 Å². The second-order valence-electron chi connectivity index (χ2n) is 5.56. The minimum atomic E-state index is -3.66. The summed E-state index contributed by atoms with van der Waals surface area (Å²) >= 11 is 0. The lowest BCUT2D eigenvalue weighted by atomic mass is 9.94. The van der Waals surface area contributed by atoms with Gasteiger partial charge in [0.1, 0.15) is 0 Å². The van der Waals surface area contributed by atoms with E-state index < -0.39 is 15.6 Å². The predicted molar refractivity (Wildman–Crippen MR) is 81.8 cm³/mol. The van der Waals surface area contributed by atoms with Gasteiger partial charge in [0.2, 0.25) is 0 Å². The molecule has 0 aromatic carbocycles. The second-order valence-corrected chi connectivity index (χ2v) is 7.16. The maximum atomic E-state index is 12.6. The van der Waals surface area contributed by atoms with Crippen molar-refractivity contribution < 1.29 is 13.2 Å². The number of nitrogens with one attached hydrogen (secondary N) is 2. The van der Waals surface area contributed by atoms with Crippen LogP contribution in [0.1, 0.15) is 33.1 Å². The van der Waals surface area contributed by atoms with E-state index >= 15 is 0 Å². The smallest absolute Gasteiger partial charge is 0.260 e. The van der Waals surface area contributed by atoms with Gasteiger partial charge in [0.05, 0.1) is 5.69 Å². The van der Waals surface area contributed by atoms with Gasteiger partial charge in [-0.1, -0.05) is 6.92 Å². The van der Waals surface area contributed by atoms with Crippen molar-refractivity contribution in [2.45, 2.75) is 43.7 Å². The van der Waals surface area contributed by atoms with Gasteiger partial charge in [-0.2, -0.15) is 0 Å². The highest BCUT2D eigenvalue weighted by Gasteiger charge is 2.34. The Balaban J connectivity index is 2.22. The molecule has 0 unspecified atom stereocenters. The molecule has 118 valence electrons. The number of anilines is 1. The van der Waals surface area contributed by atoms with Crippen LogP contribution < -0.4 is 10.0 Å². The average molecular weight is 313 g/mol. The molecule has 0 amide bonds. The summed E-state index contributed by atoms with van der Waals surface area (Å²) in [4.78, 5) is 4.06. The van der Waals surface area contributed by atoms with Crippen LogP contribution in [0.2, 0.25) is 0 Å². The number of rotatable bonds is 6. The van der Waals surface area contributed by atoms with E-state index in [0.29, 0.717) is 38.3 Å². The van der Waals surface area contributed by atoms with Crippen molar-refractivity contribution in [2.75, 3.05) is 25.1 Å². The molecule has 0 spiro atoms. The van der Waals surface area contributed by atoms with Crippen LogP contribution in [-0.4, -0.2) is 38.7 Å². The molecule has 0 bridgehead atoms. The molecule has 1 aromatic rings. The molecule has 21 heavy (non-hydrogen) atoms. The van der Waals surface area contributed by atoms with Crippen LogP contribution in [0.4, 0.5) is 5.69 Å². The number of hydrogen-bond acceptors (Lipinski definition) is 5. The Kier molecular flexibility index (Phi) is 5.18. The fourth-order valence-electron chi connectivity index (χ4n) is 2.30. The maximum absolute atomic E-state index is 12.6. The molecule has 2 N–H and O–H groups in total. The summed E-state index contributed by atoms with van der Waals surface area (Å²) in [5.41, 5.74) is 0.0684. The number of nitrogens with zero attached hydrogens (tertiary/aromatic N) is 1. The minimum Gasteiger partial charge on any atom is -0.383 e. The van der Waals surface area contributed by atoms with Crippen LogP contribution in [0.25, 0.3) is 0 Å². The fraction of sp³-hybridized carbons (Fsp3) is 0.643. The molecule has 1 aromatic heterocycles. The standard InChI is InChI=1S/C14H23N3O3S/c1-3-8-15-12-5-4-9-16-13(12)21(18,19)17-14(2)6-10-20-11-7-14/h4-5,9,15,17H,3,6-8,10-11H2,1-2H3. The molecule has 0 saturated carbocycles. The summed E-state index contributed by atoms with van der Waals surface area (Å²) in [7, 11) is -3.66. The molecular formula is C14H23N3O3S. The maximum Gasteiger partial charge on any atom is 0.260 e. The Morgan fingerprint density at radius 1 is 1.38 bits per heavy atom. The lowest BCUT2D eigenvalue weighted by molar-refractivity contribution is 0.0537. The summed E-state index contributed by atoms with van der Waals surface area (Å²) in [6.45, 7) is 5.79. The van der Waals surface area contributed by atoms with Crippen molar-refractivity contribution in [3.05, 3.63) is 18.3 Å². The van der Waals surface area contributed by atoms with Gasteiger partial charge in [-0.05, 0) is 38.3 Å². The summed E-state index contributed by atoms with van der Waals surface area (Å²) in [6.07, 6.45) is 3.74. The highest BCUT2D eigenvalue weighted by Crippen LogP contribution is 2.25. The summed E-state index contributed by atoms with van der Waals surface area (Å²) in [5.74, 6) is 0. The molecule has 1 aliphatic heterocycles. The Morgan fingerprint density at radius 2 is 2.10 bits per heavy atom. The molecule has 0 radical (unpaired) electrons. The van der Waals surface area contributed by atoms with E-state index in [1.807, 2.05) is 13.8 Å². The van der Waals surface area contributed by atoms with Gasteiger partial charge in [0, 0.05) is 31.5 Å². The highest BCUT2D eigenvalue weighted by molar-refractivity contribution is 7.89. The first kappa shape index (κ1) is 16.2. The van der Waals surface area contributed by atoms with Gasteiger partial charge >= 0.3 is 0 Å². The lowest BCUT2D eigenvalue weighted by Gasteiger charge is -2.34. The zero-order valence-corrected chi connectivity index (χ0v) is 13.4. The molecule has 0 aliphatic carbocycles. The topological polar surface area (TPSA) is 80.3 Å². The van der Waals surface area contributed by atoms with E-state index in [4.69, 9.17) is 4.74 Å². The van der Waals surface area contributed by atoms with Crippen LogP contribution in [0.15, 0.2) is 23.4 Å². The molecule has 1 saturated heterocycles. The van der Waals surface area contributed by atoms with Crippen LogP contribution in [0, 0.1) is 0 Å². The van der Waals surface area contributed by atoms with E-state index in [9.17, 15) is 8.42 Å². The first-order chi connectivity index (χ1) is 9.97. The van der Waals surface area contributed by atoms with Crippen molar-refractivity contribution >= 4 is 15.7 Å². The molecule has 2 rings (SSSR count). The van der Waals surface area contributed by atoms with E-state index in [-0.39, 0.29) is 5.03 Å². The van der Waals surface area contributed by atoms with Crippen molar-refractivity contribution in [3.63, 3.8) is 0 Å². The molecule has 2 heterocycles. The number of pyridine rings is 1. The fourth-order valence-corrected chi connectivity index (χ4v) is 3.87. The molecule has 0 atom stereocenters. The van der Waals surface area contributed by atoms with Crippen LogP contribution >= 0.6 is 0 Å². The summed E-state index contributed by atoms with van der Waals surface area (Å²) in [6, 6.07) is 3.47. The number of ether oxygens (including phenoxy) is 1. The van der Waals surface area contributed by atoms with Gasteiger partial charge < -0.3 is 10.1 Å². The zero-order valence-electron chi connectivity index (χ0n) is 12.6. The quantitative estimate of drug-likeness (QED) is 0.836. The Labute approximate surface area is 126 Å². The third-order valence-electron chi connectivity index (χ3n) is 3.57. The van der Waals surface area contributed by atoms with Crippen molar-refractivity contribution in [1.82, 2.24) is 9.71 Å². The van der Waals surface area contributed by atoms with E-state index in [1.165, 1.54) is 6.20 Å². The van der Waals surface area contributed by atoms with Crippen molar-refractivity contribution in [2.24, 2.45) is 0 Å². The van der Waals surface area contributed by atoms with Gasteiger partial charge in [-0.3, -0.25) is 0 Å². The number of hydrogen-bond donors (Lipinski definition) is 2. The minimum absolute atomic E-state index is 0.0613. The van der Waals surface area contributed by atoms with Gasteiger partial charge in [0.15, 0.2) is 5.03 Å². The number of aromatic nitrogens is 1. The first-order valence-electron chi connectivity index (χ1n) is 7.27. The number of sulfonamides is 1. The molecule has 1 fully saturated rings. The lowest BCUT2D eigenvalue weighted by Crippen LogP contribution is -2.49. The summed E-state index contributed by atoms with van der Waals surface area (Å²) < 4.78 is 33.4. The van der Waals surface area contributed by atoms with E-state index in [0.717, 1.165) is 6.42 Å². The van der Waals surface area contributed by atoms with E-state index in [2.05, 4.69) is 15.0 Å². The Morgan fingerprint density at radius 3 is 2.76 bits per heavy atom. The SMILES string of the molecule is CCCNc1cccnc1S(=O)(=O)NC1(C)CCOCC1. The molecule has 7 heteroatoms.